The predicted molar refractivity (Wildman–Crippen MR) is 61.4 cm³/mol. The molecule has 0 amide bonds. The molecule has 0 aliphatic heterocycles. The van der Waals surface area contributed by atoms with E-state index in [1.54, 1.807) is 0 Å². The summed E-state index contributed by atoms with van der Waals surface area (Å²) in [6.07, 6.45) is 0. The highest BCUT2D eigenvalue weighted by molar-refractivity contribution is 6.90. The Labute approximate surface area is 93.6 Å². The third kappa shape index (κ3) is 1.96. The Bertz CT molecular complexity index is 448. The number of benzene rings is 1. The normalized spacial score (nSPS) is 11.4. The number of hydrogen-bond acceptors (Lipinski definition) is 4. The van der Waals surface area contributed by atoms with Gasteiger partial charge in [0.15, 0.2) is 17.2 Å². The molecule has 0 bridgehead atoms. The maximum atomic E-state index is 11.0. The molecule has 1 aromatic carbocycles. The van der Waals surface area contributed by atoms with Crippen molar-refractivity contribution in [3.8, 4) is 17.2 Å². The first kappa shape index (κ1) is 12.4. The predicted octanol–water partition coefficient (Wildman–Crippen LogP) is 1.05. The van der Waals surface area contributed by atoms with Crippen molar-refractivity contribution in [2.75, 3.05) is 0 Å². The van der Waals surface area contributed by atoms with Crippen molar-refractivity contribution in [1.82, 2.24) is 0 Å². The molecule has 0 spiro atoms. The van der Waals surface area contributed by atoms with Gasteiger partial charge in [-0.1, -0.05) is 19.6 Å². The highest BCUT2D eigenvalue weighted by Gasteiger charge is 2.30. The minimum absolute atomic E-state index is 0.160. The summed E-state index contributed by atoms with van der Waals surface area (Å²) in [5, 5.41) is 37.6. The number of carboxylic acid groups (broad SMARTS) is 1. The fourth-order valence-corrected chi connectivity index (χ4v) is 3.39. The second-order valence-electron chi connectivity index (χ2n) is 4.57. The molecule has 5 nitrogen and oxygen atoms in total. The summed E-state index contributed by atoms with van der Waals surface area (Å²) < 4.78 is 0. The topological polar surface area (TPSA) is 98.0 Å². The standard InChI is InChI=1S/C10H14O5Si/c1-16(2,3)9-5(10(14)15)4-6(11)7(12)8(9)13/h4,11-13H,1-3H3,(H,14,15). The van der Waals surface area contributed by atoms with Crippen LogP contribution in [0.25, 0.3) is 0 Å². The number of phenolic OH excluding ortho intramolecular Hbond substituents is 3. The molecule has 6 heteroatoms. The largest absolute Gasteiger partial charge is 0.504 e. The second-order valence-corrected chi connectivity index (χ2v) is 9.57. The number of carbonyl (C=O) groups is 1. The van der Waals surface area contributed by atoms with Gasteiger partial charge >= 0.3 is 5.97 Å². The number of carboxylic acids is 1. The lowest BCUT2D eigenvalue weighted by Gasteiger charge is -2.21. The Morgan fingerprint density at radius 3 is 2.00 bits per heavy atom. The Kier molecular flexibility index (Phi) is 2.87. The first-order valence-electron chi connectivity index (χ1n) is 4.68. The van der Waals surface area contributed by atoms with E-state index in [4.69, 9.17) is 5.11 Å². The first-order valence-corrected chi connectivity index (χ1v) is 8.18. The number of hydrogen-bond donors (Lipinski definition) is 4. The minimum atomic E-state index is -2.14. The average molecular weight is 242 g/mol. The SMILES string of the molecule is C[Si](C)(C)c1c(C(=O)O)cc(O)c(O)c1O. The van der Waals surface area contributed by atoms with E-state index < -0.39 is 31.3 Å². The lowest BCUT2D eigenvalue weighted by molar-refractivity contribution is 0.0697. The molecule has 1 aromatic rings. The molecule has 0 aliphatic rings. The van der Waals surface area contributed by atoms with E-state index in [0.29, 0.717) is 0 Å². The van der Waals surface area contributed by atoms with Crippen LogP contribution in [0, 0.1) is 0 Å². The van der Waals surface area contributed by atoms with Crippen LogP contribution < -0.4 is 5.19 Å². The van der Waals surface area contributed by atoms with Crippen molar-refractivity contribution in [3.05, 3.63) is 11.6 Å². The zero-order valence-corrected chi connectivity index (χ0v) is 10.3. The molecule has 0 aromatic heterocycles. The second kappa shape index (κ2) is 3.71. The highest BCUT2D eigenvalue weighted by atomic mass is 28.3. The van der Waals surface area contributed by atoms with E-state index in [9.17, 15) is 20.1 Å². The summed E-state index contributed by atoms with van der Waals surface area (Å²) in [5.74, 6) is -3.06. The van der Waals surface area contributed by atoms with E-state index in [-0.39, 0.29) is 10.8 Å². The van der Waals surface area contributed by atoms with Gasteiger partial charge < -0.3 is 20.4 Å². The molecule has 1 rings (SSSR count). The Balaban J connectivity index is 3.68. The summed E-state index contributed by atoms with van der Waals surface area (Å²) in [6, 6.07) is 0.963. The van der Waals surface area contributed by atoms with Gasteiger partial charge in [-0.15, -0.1) is 0 Å². The lowest BCUT2D eigenvalue weighted by atomic mass is 10.2. The van der Waals surface area contributed by atoms with Crippen LogP contribution in [0.2, 0.25) is 19.6 Å². The quantitative estimate of drug-likeness (QED) is 0.459. The van der Waals surface area contributed by atoms with Gasteiger partial charge in [-0.25, -0.2) is 4.79 Å². The van der Waals surface area contributed by atoms with Crippen LogP contribution in [0.4, 0.5) is 0 Å². The molecule has 0 unspecified atom stereocenters. The molecule has 0 atom stereocenters. The molecule has 0 aliphatic carbocycles. The van der Waals surface area contributed by atoms with Crippen molar-refractivity contribution in [3.63, 3.8) is 0 Å². The van der Waals surface area contributed by atoms with E-state index in [1.165, 1.54) is 0 Å². The summed E-state index contributed by atoms with van der Waals surface area (Å²) in [6.45, 7) is 5.51. The third-order valence-corrected chi connectivity index (χ3v) is 4.24. The number of rotatable bonds is 2. The Hall–Kier alpha value is -1.69. The summed E-state index contributed by atoms with van der Waals surface area (Å²) in [7, 11) is -2.14. The van der Waals surface area contributed by atoms with Crippen LogP contribution in [-0.4, -0.2) is 34.5 Å². The fraction of sp³-hybridized carbons (Fsp3) is 0.300. The van der Waals surface area contributed by atoms with Crippen molar-refractivity contribution >= 4 is 19.2 Å². The third-order valence-electron chi connectivity index (χ3n) is 2.23. The number of aromatic hydroxyl groups is 3. The highest BCUT2D eigenvalue weighted by Crippen LogP contribution is 2.35. The van der Waals surface area contributed by atoms with E-state index in [2.05, 4.69) is 0 Å². The van der Waals surface area contributed by atoms with Gasteiger partial charge in [-0.05, 0) is 11.3 Å². The zero-order chi connectivity index (χ0) is 12.7. The monoisotopic (exact) mass is 242 g/mol. The van der Waals surface area contributed by atoms with Crippen molar-refractivity contribution in [2.45, 2.75) is 19.6 Å². The molecule has 0 radical (unpaired) electrons. The molecular formula is C10H14O5Si. The van der Waals surface area contributed by atoms with Crippen LogP contribution in [0.5, 0.6) is 17.2 Å². The Morgan fingerprint density at radius 1 is 1.12 bits per heavy atom. The van der Waals surface area contributed by atoms with Crippen molar-refractivity contribution in [2.24, 2.45) is 0 Å². The van der Waals surface area contributed by atoms with Crippen LogP contribution in [0.15, 0.2) is 6.07 Å². The van der Waals surface area contributed by atoms with Gasteiger partial charge in [0.1, 0.15) is 0 Å². The van der Waals surface area contributed by atoms with Gasteiger partial charge in [-0.2, -0.15) is 0 Å². The summed E-state index contributed by atoms with van der Waals surface area (Å²) in [5.41, 5.74) is -0.160. The minimum Gasteiger partial charge on any atom is -0.504 e. The van der Waals surface area contributed by atoms with Crippen LogP contribution >= 0.6 is 0 Å². The molecule has 0 heterocycles. The lowest BCUT2D eigenvalue weighted by Crippen LogP contribution is -2.41. The number of aromatic carboxylic acids is 1. The van der Waals surface area contributed by atoms with Gasteiger partial charge in [0.25, 0.3) is 0 Å². The van der Waals surface area contributed by atoms with Gasteiger partial charge in [0, 0.05) is 0 Å². The van der Waals surface area contributed by atoms with Gasteiger partial charge in [0.05, 0.1) is 13.6 Å². The molecule has 88 valence electrons. The molecule has 0 saturated heterocycles. The van der Waals surface area contributed by atoms with Gasteiger partial charge in [-0.3, -0.25) is 0 Å². The van der Waals surface area contributed by atoms with E-state index >= 15 is 0 Å². The van der Waals surface area contributed by atoms with E-state index in [1.807, 2.05) is 19.6 Å². The van der Waals surface area contributed by atoms with Crippen LogP contribution in [0.1, 0.15) is 10.4 Å². The Morgan fingerprint density at radius 2 is 1.62 bits per heavy atom. The average Bonchev–Trinajstić information content (AvgIpc) is 2.10. The maximum Gasteiger partial charge on any atom is 0.335 e. The smallest absolute Gasteiger partial charge is 0.335 e. The zero-order valence-electron chi connectivity index (χ0n) is 9.27. The van der Waals surface area contributed by atoms with Crippen LogP contribution in [-0.2, 0) is 0 Å². The number of phenols is 3. The molecule has 0 fully saturated rings. The van der Waals surface area contributed by atoms with Crippen LogP contribution in [0.3, 0.4) is 0 Å². The van der Waals surface area contributed by atoms with Crippen molar-refractivity contribution < 1.29 is 25.2 Å². The fourth-order valence-electron chi connectivity index (χ4n) is 1.57. The molecule has 4 N–H and O–H groups in total. The first-order chi connectivity index (χ1) is 7.16. The summed E-state index contributed by atoms with van der Waals surface area (Å²) >= 11 is 0. The molecule has 16 heavy (non-hydrogen) atoms. The van der Waals surface area contributed by atoms with Crippen molar-refractivity contribution in [1.29, 1.82) is 0 Å². The van der Waals surface area contributed by atoms with E-state index in [0.717, 1.165) is 6.07 Å². The maximum absolute atomic E-state index is 11.0. The molecular weight excluding hydrogens is 228 g/mol. The van der Waals surface area contributed by atoms with Gasteiger partial charge in [0.2, 0.25) is 0 Å². The molecule has 0 saturated carbocycles. The summed E-state index contributed by atoms with van der Waals surface area (Å²) in [4.78, 5) is 11.0.